The number of nitrogens with one attached hydrogen (secondary N) is 1. The van der Waals surface area contributed by atoms with E-state index in [4.69, 9.17) is 21.1 Å². The Kier molecular flexibility index (Phi) is 7.60. The highest BCUT2D eigenvalue weighted by atomic mass is 35.5. The number of carbonyl (C=O) groups is 2. The number of sulfonamides is 1. The van der Waals surface area contributed by atoms with E-state index >= 15 is 0 Å². The molecule has 29 heavy (non-hydrogen) atoms. The summed E-state index contributed by atoms with van der Waals surface area (Å²) in [7, 11) is 0.533. The Hall–Kier alpha value is -2.62. The molecule has 2 aromatic rings. The largest absolute Gasteiger partial charge is 0.497 e. The summed E-state index contributed by atoms with van der Waals surface area (Å²) in [5, 5.41) is 2.63. The molecule has 0 bridgehead atoms. The fraction of sp³-hybridized carbons (Fsp3) is 0.263. The molecule has 0 spiro atoms. The zero-order valence-corrected chi connectivity index (χ0v) is 17.7. The van der Waals surface area contributed by atoms with Crippen molar-refractivity contribution in [2.45, 2.75) is 11.4 Å². The third-order valence-electron chi connectivity index (χ3n) is 3.89. The SMILES string of the molecule is COc1cccc(CNC(=O)COC(=O)c2cc(S(=O)(=O)N(C)C)ccc2Cl)c1. The molecule has 1 N–H and O–H groups in total. The van der Waals surface area contributed by atoms with E-state index in [1.54, 1.807) is 25.3 Å². The summed E-state index contributed by atoms with van der Waals surface area (Å²) in [5.74, 6) is -0.762. The summed E-state index contributed by atoms with van der Waals surface area (Å²) in [4.78, 5) is 24.1. The van der Waals surface area contributed by atoms with Crippen LogP contribution in [-0.4, -0.2) is 52.4 Å². The Balaban J connectivity index is 1.98. The van der Waals surface area contributed by atoms with Crippen LogP contribution in [0.1, 0.15) is 15.9 Å². The summed E-state index contributed by atoms with van der Waals surface area (Å²) in [5.41, 5.74) is 0.670. The van der Waals surface area contributed by atoms with Gasteiger partial charge < -0.3 is 14.8 Å². The van der Waals surface area contributed by atoms with Gasteiger partial charge in [-0.3, -0.25) is 4.79 Å². The number of hydrogen-bond acceptors (Lipinski definition) is 6. The molecular formula is C19H21ClN2O6S. The topological polar surface area (TPSA) is 102 Å². The fourth-order valence-corrected chi connectivity index (χ4v) is 3.40. The van der Waals surface area contributed by atoms with Crippen molar-refractivity contribution in [2.75, 3.05) is 27.8 Å². The maximum Gasteiger partial charge on any atom is 0.340 e. The van der Waals surface area contributed by atoms with E-state index in [1.165, 1.54) is 26.2 Å². The summed E-state index contributed by atoms with van der Waals surface area (Å²) in [6.07, 6.45) is 0. The highest BCUT2D eigenvalue weighted by Crippen LogP contribution is 2.23. The standard InChI is InChI=1S/C19H21ClN2O6S/c1-22(2)29(25,26)15-7-8-17(20)16(10-15)19(24)28-12-18(23)21-11-13-5-4-6-14(9-13)27-3/h4-10H,11-12H2,1-3H3,(H,21,23). The molecule has 0 saturated heterocycles. The summed E-state index contributed by atoms with van der Waals surface area (Å²) < 4.78 is 35.5. The van der Waals surface area contributed by atoms with Crippen LogP contribution in [0, 0.1) is 0 Å². The smallest absolute Gasteiger partial charge is 0.340 e. The minimum Gasteiger partial charge on any atom is -0.497 e. The Morgan fingerprint density at radius 1 is 1.14 bits per heavy atom. The molecule has 2 aromatic carbocycles. The molecule has 0 aliphatic carbocycles. The lowest BCUT2D eigenvalue weighted by molar-refractivity contribution is -0.124. The maximum atomic E-state index is 12.3. The van der Waals surface area contributed by atoms with Crippen molar-refractivity contribution < 1.29 is 27.5 Å². The zero-order valence-electron chi connectivity index (χ0n) is 16.1. The Labute approximate surface area is 174 Å². The Morgan fingerprint density at radius 2 is 1.86 bits per heavy atom. The van der Waals surface area contributed by atoms with Crippen molar-refractivity contribution in [1.82, 2.24) is 9.62 Å². The molecule has 0 heterocycles. The average Bonchev–Trinajstić information content (AvgIpc) is 2.70. The molecule has 0 atom stereocenters. The van der Waals surface area contributed by atoms with Gasteiger partial charge in [-0.1, -0.05) is 23.7 Å². The van der Waals surface area contributed by atoms with Crippen LogP contribution in [0.15, 0.2) is 47.4 Å². The molecule has 156 valence electrons. The van der Waals surface area contributed by atoms with Crippen molar-refractivity contribution in [1.29, 1.82) is 0 Å². The molecule has 0 aromatic heterocycles. The molecule has 0 unspecified atom stereocenters. The number of benzene rings is 2. The number of halogens is 1. The Bertz CT molecular complexity index is 1010. The van der Waals surface area contributed by atoms with Gasteiger partial charge in [-0.25, -0.2) is 17.5 Å². The van der Waals surface area contributed by atoms with Gasteiger partial charge in [0.25, 0.3) is 5.91 Å². The predicted molar refractivity (Wildman–Crippen MR) is 107 cm³/mol. The van der Waals surface area contributed by atoms with E-state index in [9.17, 15) is 18.0 Å². The van der Waals surface area contributed by atoms with Gasteiger partial charge in [-0.15, -0.1) is 0 Å². The highest BCUT2D eigenvalue weighted by Gasteiger charge is 2.21. The number of esters is 1. The predicted octanol–water partition coefficient (Wildman–Crippen LogP) is 2.07. The number of carbonyl (C=O) groups excluding carboxylic acids is 2. The maximum absolute atomic E-state index is 12.3. The van der Waals surface area contributed by atoms with E-state index in [0.29, 0.717) is 5.75 Å². The van der Waals surface area contributed by atoms with Gasteiger partial charge in [0.1, 0.15) is 5.75 Å². The van der Waals surface area contributed by atoms with Crippen molar-refractivity contribution in [2.24, 2.45) is 0 Å². The quantitative estimate of drug-likeness (QED) is 0.630. The molecular weight excluding hydrogens is 420 g/mol. The number of nitrogens with zero attached hydrogens (tertiary/aromatic N) is 1. The second-order valence-corrected chi connectivity index (χ2v) is 8.69. The van der Waals surface area contributed by atoms with Crippen LogP contribution < -0.4 is 10.1 Å². The first-order valence-corrected chi connectivity index (χ1v) is 10.3. The van der Waals surface area contributed by atoms with Gasteiger partial charge >= 0.3 is 5.97 Å². The summed E-state index contributed by atoms with van der Waals surface area (Å²) in [6.45, 7) is -0.311. The molecule has 8 nitrogen and oxygen atoms in total. The first kappa shape index (κ1) is 22.7. The van der Waals surface area contributed by atoms with E-state index in [1.807, 2.05) is 6.07 Å². The number of methoxy groups -OCH3 is 1. The highest BCUT2D eigenvalue weighted by molar-refractivity contribution is 7.89. The molecule has 0 radical (unpaired) electrons. The number of hydrogen-bond donors (Lipinski definition) is 1. The van der Waals surface area contributed by atoms with E-state index in [0.717, 1.165) is 15.9 Å². The van der Waals surface area contributed by atoms with Crippen LogP contribution in [0.2, 0.25) is 5.02 Å². The number of rotatable bonds is 8. The normalized spacial score (nSPS) is 11.2. The van der Waals surface area contributed by atoms with Gasteiger partial charge in [0.15, 0.2) is 6.61 Å². The van der Waals surface area contributed by atoms with Crippen molar-refractivity contribution in [3.05, 3.63) is 58.6 Å². The second-order valence-electron chi connectivity index (χ2n) is 6.13. The van der Waals surface area contributed by atoms with E-state index in [2.05, 4.69) is 5.32 Å². The van der Waals surface area contributed by atoms with Gasteiger partial charge in [0.05, 0.1) is 22.6 Å². The third-order valence-corrected chi connectivity index (χ3v) is 6.04. The van der Waals surface area contributed by atoms with Crippen molar-refractivity contribution in [3.8, 4) is 5.75 Å². The number of amides is 1. The molecule has 0 aliphatic rings. The molecule has 1 amide bonds. The van der Waals surface area contributed by atoms with Crippen LogP contribution in [0.25, 0.3) is 0 Å². The van der Waals surface area contributed by atoms with Gasteiger partial charge in [-0.2, -0.15) is 0 Å². The zero-order chi connectivity index (χ0) is 21.6. The van der Waals surface area contributed by atoms with Gasteiger partial charge in [-0.05, 0) is 35.9 Å². The van der Waals surface area contributed by atoms with Crippen LogP contribution in [0.3, 0.4) is 0 Å². The average molecular weight is 441 g/mol. The minimum atomic E-state index is -3.75. The molecule has 0 aliphatic heterocycles. The van der Waals surface area contributed by atoms with E-state index < -0.39 is 28.5 Å². The lowest BCUT2D eigenvalue weighted by Crippen LogP contribution is -2.28. The third kappa shape index (κ3) is 5.93. The first-order valence-electron chi connectivity index (χ1n) is 8.44. The van der Waals surface area contributed by atoms with Crippen LogP contribution in [0.5, 0.6) is 5.75 Å². The van der Waals surface area contributed by atoms with Crippen molar-refractivity contribution in [3.63, 3.8) is 0 Å². The molecule has 0 saturated carbocycles. The summed E-state index contributed by atoms with van der Waals surface area (Å²) in [6, 6.07) is 10.8. The lowest BCUT2D eigenvalue weighted by atomic mass is 10.2. The van der Waals surface area contributed by atoms with Gasteiger partial charge in [0.2, 0.25) is 10.0 Å². The monoisotopic (exact) mass is 440 g/mol. The summed E-state index contributed by atoms with van der Waals surface area (Å²) >= 11 is 5.98. The van der Waals surface area contributed by atoms with Gasteiger partial charge in [0, 0.05) is 20.6 Å². The lowest BCUT2D eigenvalue weighted by Gasteiger charge is -2.13. The minimum absolute atomic E-state index is 0.0181. The van der Waals surface area contributed by atoms with Crippen molar-refractivity contribution >= 4 is 33.5 Å². The Morgan fingerprint density at radius 3 is 2.52 bits per heavy atom. The van der Waals surface area contributed by atoms with Crippen LogP contribution >= 0.6 is 11.6 Å². The fourth-order valence-electron chi connectivity index (χ4n) is 2.28. The van der Waals surface area contributed by atoms with E-state index in [-0.39, 0.29) is 22.0 Å². The van der Waals surface area contributed by atoms with Crippen LogP contribution in [0.4, 0.5) is 0 Å². The second kappa shape index (κ2) is 9.73. The molecule has 2 rings (SSSR count). The van der Waals surface area contributed by atoms with Crippen LogP contribution in [-0.2, 0) is 26.1 Å². The molecule has 0 fully saturated rings. The number of ether oxygens (including phenoxy) is 2. The first-order chi connectivity index (χ1) is 13.6. The molecule has 10 heteroatoms.